The molecule has 0 fully saturated rings. The fourth-order valence-electron chi connectivity index (χ4n) is 1.25. The molecular formula is C12H17NO3. The van der Waals surface area contributed by atoms with Gasteiger partial charge in [-0.25, -0.2) is 0 Å². The van der Waals surface area contributed by atoms with Crippen molar-refractivity contribution in [3.63, 3.8) is 0 Å². The molecule has 0 bridgehead atoms. The number of carbonyl (C=O) groups is 1. The van der Waals surface area contributed by atoms with E-state index in [4.69, 9.17) is 4.74 Å². The Bertz CT molecular complexity index is 357. The van der Waals surface area contributed by atoms with E-state index in [1.807, 2.05) is 30.7 Å². The molecule has 1 rings (SSSR count). The summed E-state index contributed by atoms with van der Waals surface area (Å²) in [6.07, 6.45) is 1.01. The van der Waals surface area contributed by atoms with E-state index >= 15 is 0 Å². The molecule has 1 aromatic heterocycles. The van der Waals surface area contributed by atoms with Crippen molar-refractivity contribution in [3.05, 3.63) is 30.2 Å². The molecule has 88 valence electrons. The summed E-state index contributed by atoms with van der Waals surface area (Å²) in [5.74, 6) is 1.12. The first-order valence-corrected chi connectivity index (χ1v) is 5.15. The lowest BCUT2D eigenvalue weighted by Crippen LogP contribution is -2.09. The fraction of sp³-hybridized carbons (Fsp3) is 0.417. The third kappa shape index (κ3) is 2.89. The molecule has 0 N–H and O–H groups in total. The molecule has 0 aliphatic heterocycles. The van der Waals surface area contributed by atoms with Gasteiger partial charge >= 0.3 is 5.97 Å². The normalized spacial score (nSPS) is 9.94. The van der Waals surface area contributed by atoms with Crippen LogP contribution < -0.4 is 4.74 Å². The molecule has 1 aromatic rings. The van der Waals surface area contributed by atoms with Gasteiger partial charge in [0.25, 0.3) is 0 Å². The van der Waals surface area contributed by atoms with Crippen LogP contribution in [0.1, 0.15) is 19.0 Å². The van der Waals surface area contributed by atoms with Crippen LogP contribution in [0.4, 0.5) is 0 Å². The molecule has 0 radical (unpaired) electrons. The molecular weight excluding hydrogens is 206 g/mol. The summed E-state index contributed by atoms with van der Waals surface area (Å²) < 4.78 is 11.9. The molecule has 1 heterocycles. The van der Waals surface area contributed by atoms with E-state index in [2.05, 4.69) is 11.3 Å². The predicted octanol–water partition coefficient (Wildman–Crippen LogP) is 2.04. The van der Waals surface area contributed by atoms with Gasteiger partial charge in [-0.05, 0) is 6.07 Å². The van der Waals surface area contributed by atoms with E-state index in [-0.39, 0.29) is 12.4 Å². The van der Waals surface area contributed by atoms with Gasteiger partial charge in [-0.3, -0.25) is 4.79 Å². The van der Waals surface area contributed by atoms with Gasteiger partial charge in [0.05, 0.1) is 19.3 Å². The first-order chi connectivity index (χ1) is 7.58. The van der Waals surface area contributed by atoms with Crippen LogP contribution in [-0.2, 0) is 23.0 Å². The van der Waals surface area contributed by atoms with Crippen LogP contribution in [0.2, 0.25) is 0 Å². The quantitative estimate of drug-likeness (QED) is 0.566. The second kappa shape index (κ2) is 5.39. The minimum atomic E-state index is -0.262. The summed E-state index contributed by atoms with van der Waals surface area (Å²) in [7, 11) is 3.22. The van der Waals surface area contributed by atoms with E-state index in [1.54, 1.807) is 0 Å². The van der Waals surface area contributed by atoms with Gasteiger partial charge in [0, 0.05) is 25.2 Å². The van der Waals surface area contributed by atoms with Crippen molar-refractivity contribution in [2.45, 2.75) is 19.8 Å². The van der Waals surface area contributed by atoms with Crippen LogP contribution >= 0.6 is 0 Å². The first-order valence-electron chi connectivity index (χ1n) is 5.15. The van der Waals surface area contributed by atoms with E-state index < -0.39 is 0 Å². The van der Waals surface area contributed by atoms with Gasteiger partial charge in [-0.1, -0.05) is 13.5 Å². The van der Waals surface area contributed by atoms with E-state index in [0.29, 0.717) is 11.6 Å². The average molecular weight is 223 g/mol. The van der Waals surface area contributed by atoms with Crippen molar-refractivity contribution >= 4 is 5.97 Å². The van der Waals surface area contributed by atoms with Crippen LogP contribution in [-0.4, -0.2) is 17.6 Å². The van der Waals surface area contributed by atoms with E-state index in [0.717, 1.165) is 12.1 Å². The Labute approximate surface area is 95.5 Å². The SMILES string of the molecule is C=C(CC)Oc1ccc(CC(=O)OC)n1C. The number of aromatic nitrogens is 1. The third-order valence-corrected chi connectivity index (χ3v) is 2.38. The van der Waals surface area contributed by atoms with Gasteiger partial charge in [0.1, 0.15) is 0 Å². The minimum absolute atomic E-state index is 0.245. The monoisotopic (exact) mass is 223 g/mol. The molecule has 0 amide bonds. The summed E-state index contributed by atoms with van der Waals surface area (Å²) in [5.41, 5.74) is 0.853. The topological polar surface area (TPSA) is 40.5 Å². The molecule has 0 atom stereocenters. The van der Waals surface area contributed by atoms with Gasteiger partial charge in [-0.2, -0.15) is 0 Å². The molecule has 0 aliphatic rings. The largest absolute Gasteiger partial charge is 0.469 e. The van der Waals surface area contributed by atoms with Crippen molar-refractivity contribution in [2.24, 2.45) is 7.05 Å². The number of allylic oxidation sites excluding steroid dienone is 1. The van der Waals surface area contributed by atoms with Crippen LogP contribution in [0.15, 0.2) is 24.5 Å². The second-order valence-electron chi connectivity index (χ2n) is 3.47. The number of esters is 1. The zero-order valence-electron chi connectivity index (χ0n) is 9.95. The van der Waals surface area contributed by atoms with E-state index in [1.165, 1.54) is 7.11 Å². The number of rotatable bonds is 5. The number of nitrogens with zero attached hydrogens (tertiary/aromatic N) is 1. The Morgan fingerprint density at radius 1 is 1.50 bits per heavy atom. The number of hydrogen-bond acceptors (Lipinski definition) is 3. The highest BCUT2D eigenvalue weighted by Crippen LogP contribution is 2.18. The van der Waals surface area contributed by atoms with Crippen LogP contribution in [0.3, 0.4) is 0 Å². The van der Waals surface area contributed by atoms with E-state index in [9.17, 15) is 4.79 Å². The Morgan fingerprint density at radius 2 is 2.19 bits per heavy atom. The maximum atomic E-state index is 11.1. The Morgan fingerprint density at radius 3 is 2.75 bits per heavy atom. The Kier molecular flexibility index (Phi) is 4.17. The lowest BCUT2D eigenvalue weighted by molar-refractivity contribution is -0.139. The molecule has 0 spiro atoms. The van der Waals surface area contributed by atoms with Gasteiger partial charge in [0.15, 0.2) is 5.88 Å². The maximum absolute atomic E-state index is 11.1. The number of hydrogen-bond donors (Lipinski definition) is 0. The highest BCUT2D eigenvalue weighted by molar-refractivity contribution is 5.72. The smallest absolute Gasteiger partial charge is 0.311 e. The van der Waals surface area contributed by atoms with Crippen molar-refractivity contribution in [3.8, 4) is 5.88 Å². The van der Waals surface area contributed by atoms with Gasteiger partial charge < -0.3 is 14.0 Å². The fourth-order valence-corrected chi connectivity index (χ4v) is 1.25. The van der Waals surface area contributed by atoms with Crippen molar-refractivity contribution in [1.29, 1.82) is 0 Å². The lowest BCUT2D eigenvalue weighted by atomic mass is 10.3. The van der Waals surface area contributed by atoms with Crippen molar-refractivity contribution in [1.82, 2.24) is 4.57 Å². The highest BCUT2D eigenvalue weighted by atomic mass is 16.5. The van der Waals surface area contributed by atoms with Gasteiger partial charge in [-0.15, -0.1) is 0 Å². The zero-order chi connectivity index (χ0) is 12.1. The van der Waals surface area contributed by atoms with Gasteiger partial charge in [0.2, 0.25) is 0 Å². The first kappa shape index (κ1) is 12.4. The molecule has 0 aromatic carbocycles. The molecule has 16 heavy (non-hydrogen) atoms. The van der Waals surface area contributed by atoms with Crippen molar-refractivity contribution < 1.29 is 14.3 Å². The standard InChI is InChI=1S/C12H17NO3/c1-5-9(2)16-11-7-6-10(13(11)3)8-12(14)15-4/h6-7H,2,5,8H2,1,3-4H3. The van der Waals surface area contributed by atoms with Crippen molar-refractivity contribution in [2.75, 3.05) is 7.11 Å². The summed E-state index contributed by atoms with van der Waals surface area (Å²) in [5, 5.41) is 0. The number of carbonyl (C=O) groups excluding carboxylic acids is 1. The summed E-state index contributed by atoms with van der Waals surface area (Å²) >= 11 is 0. The Hall–Kier alpha value is -1.71. The molecule has 0 unspecified atom stereocenters. The average Bonchev–Trinajstić information content (AvgIpc) is 2.61. The van der Waals surface area contributed by atoms with Crippen LogP contribution in [0, 0.1) is 0 Å². The second-order valence-corrected chi connectivity index (χ2v) is 3.47. The summed E-state index contributed by atoms with van der Waals surface area (Å²) in [4.78, 5) is 11.1. The summed E-state index contributed by atoms with van der Waals surface area (Å²) in [6.45, 7) is 5.74. The number of ether oxygens (including phenoxy) is 2. The molecule has 4 heteroatoms. The molecule has 0 saturated carbocycles. The predicted molar refractivity (Wildman–Crippen MR) is 61.2 cm³/mol. The van der Waals surface area contributed by atoms with Crippen LogP contribution in [0.25, 0.3) is 0 Å². The van der Waals surface area contributed by atoms with Crippen LogP contribution in [0.5, 0.6) is 5.88 Å². The number of methoxy groups -OCH3 is 1. The minimum Gasteiger partial charge on any atom is -0.469 e. The molecule has 0 aliphatic carbocycles. The maximum Gasteiger partial charge on any atom is 0.311 e. The highest BCUT2D eigenvalue weighted by Gasteiger charge is 2.10. The Balaban J connectivity index is 2.76. The lowest BCUT2D eigenvalue weighted by Gasteiger charge is -2.09. The summed E-state index contributed by atoms with van der Waals surface area (Å²) in [6, 6.07) is 3.66. The third-order valence-electron chi connectivity index (χ3n) is 2.38. The molecule has 0 saturated heterocycles. The zero-order valence-corrected chi connectivity index (χ0v) is 9.95. The molecule has 4 nitrogen and oxygen atoms in total.